The van der Waals surface area contributed by atoms with E-state index in [-0.39, 0.29) is 0 Å². The van der Waals surface area contributed by atoms with Crippen LogP contribution in [0.25, 0.3) is 0 Å². The van der Waals surface area contributed by atoms with Crippen LogP contribution in [0.15, 0.2) is 23.7 Å². The van der Waals surface area contributed by atoms with Crippen molar-refractivity contribution in [2.24, 2.45) is 0 Å². The average molecular weight is 96.1 g/mol. The van der Waals surface area contributed by atoms with Gasteiger partial charge in [0.2, 0.25) is 0 Å². The Balaban J connectivity index is 2.62. The topological polar surface area (TPSA) is 12.5 Å². The Morgan fingerprint density at radius 3 is 1.71 bits per heavy atom. The zero-order chi connectivity index (χ0) is 5.28. The lowest BCUT2D eigenvalue weighted by atomic mass is 10.5. The van der Waals surface area contributed by atoms with Gasteiger partial charge < -0.3 is 4.74 Å². The molecule has 0 N–H and O–H groups in total. The van der Waals surface area contributed by atoms with Crippen molar-refractivity contribution < 1.29 is 4.74 Å². The first-order chi connectivity index (χ1) is 3.38. The predicted molar refractivity (Wildman–Crippen MR) is 28.6 cm³/mol. The number of hydrogen-bond donors (Lipinski definition) is 0. The lowest BCUT2D eigenvalue weighted by molar-refractivity contribution is 0.553. The van der Waals surface area contributed by atoms with Crippen molar-refractivity contribution >= 4 is 0 Å². The van der Waals surface area contributed by atoms with Gasteiger partial charge in [0, 0.05) is 0 Å². The monoisotopic (exact) mass is 96.1 g/mol. The first-order valence-electron chi connectivity index (χ1n) is 2.39. The normalized spacial score (nSPS) is 28.3. The van der Waals surface area contributed by atoms with Crippen LogP contribution in [0.2, 0.25) is 0 Å². The highest BCUT2D eigenvalue weighted by atomic mass is 16.6. The summed E-state index contributed by atoms with van der Waals surface area (Å²) in [5.41, 5.74) is 0. The molecule has 0 saturated carbocycles. The van der Waals surface area contributed by atoms with Crippen molar-refractivity contribution in [3.05, 3.63) is 23.7 Å². The minimum absolute atomic E-state index is 1.03. The second-order valence-electron chi connectivity index (χ2n) is 1.41. The molecule has 1 aliphatic rings. The summed E-state index contributed by atoms with van der Waals surface area (Å²) < 4.78 is 4.94. The molecule has 7 heavy (non-hydrogen) atoms. The average Bonchev–Trinajstić information content (AvgIpc) is 2.43. The molecule has 0 amide bonds. The SMILES string of the molecule is CC=C1OC1=CC. The van der Waals surface area contributed by atoms with Crippen LogP contribution in [0, 0.1) is 0 Å². The fraction of sp³-hybridized carbons (Fsp3) is 0.333. The zero-order valence-corrected chi connectivity index (χ0v) is 4.56. The third kappa shape index (κ3) is 0.660. The van der Waals surface area contributed by atoms with Gasteiger partial charge in [-0.2, -0.15) is 0 Å². The summed E-state index contributed by atoms with van der Waals surface area (Å²) >= 11 is 0. The predicted octanol–water partition coefficient (Wildman–Crippen LogP) is 1.82. The second kappa shape index (κ2) is 1.41. The molecule has 0 aromatic carbocycles. The van der Waals surface area contributed by atoms with E-state index in [2.05, 4.69) is 0 Å². The lowest BCUT2D eigenvalue weighted by Gasteiger charge is -1.49. The Morgan fingerprint density at radius 2 is 1.57 bits per heavy atom. The van der Waals surface area contributed by atoms with Crippen LogP contribution in [0.5, 0.6) is 0 Å². The Morgan fingerprint density at radius 1 is 1.14 bits per heavy atom. The molecule has 1 fully saturated rings. The molecule has 0 aliphatic carbocycles. The molecule has 0 radical (unpaired) electrons. The van der Waals surface area contributed by atoms with Gasteiger partial charge in [0.1, 0.15) is 0 Å². The molecule has 1 nitrogen and oxygen atoms in total. The van der Waals surface area contributed by atoms with Crippen LogP contribution >= 0.6 is 0 Å². The van der Waals surface area contributed by atoms with Crippen LogP contribution in [-0.4, -0.2) is 0 Å². The summed E-state index contributed by atoms with van der Waals surface area (Å²) in [7, 11) is 0. The molecule has 0 bridgehead atoms. The first-order valence-corrected chi connectivity index (χ1v) is 2.39. The van der Waals surface area contributed by atoms with Crippen molar-refractivity contribution in [2.75, 3.05) is 0 Å². The molecule has 0 unspecified atom stereocenters. The van der Waals surface area contributed by atoms with E-state index in [1.165, 1.54) is 0 Å². The molecule has 1 heteroatoms. The molecule has 0 aromatic rings. The van der Waals surface area contributed by atoms with Crippen LogP contribution in [0.1, 0.15) is 13.8 Å². The summed E-state index contributed by atoms with van der Waals surface area (Å²) in [5, 5.41) is 0. The van der Waals surface area contributed by atoms with E-state index < -0.39 is 0 Å². The van der Waals surface area contributed by atoms with Gasteiger partial charge in [0.25, 0.3) is 0 Å². The molecule has 1 saturated heterocycles. The lowest BCUT2D eigenvalue weighted by Crippen LogP contribution is -1.40. The highest BCUT2D eigenvalue weighted by molar-refractivity contribution is 5.33. The van der Waals surface area contributed by atoms with E-state index >= 15 is 0 Å². The zero-order valence-electron chi connectivity index (χ0n) is 4.56. The van der Waals surface area contributed by atoms with Gasteiger partial charge in [-0.15, -0.1) is 0 Å². The molecular formula is C6H8O. The van der Waals surface area contributed by atoms with E-state index in [9.17, 15) is 0 Å². The minimum atomic E-state index is 1.03. The third-order valence-corrected chi connectivity index (χ3v) is 0.945. The van der Waals surface area contributed by atoms with Crippen LogP contribution < -0.4 is 0 Å². The van der Waals surface area contributed by atoms with Crippen molar-refractivity contribution in [3.8, 4) is 0 Å². The highest BCUT2D eigenvalue weighted by Gasteiger charge is 2.20. The Hall–Kier alpha value is -0.720. The molecule has 1 rings (SSSR count). The standard InChI is InChI=1S/C6H8O/c1-3-5-6(4-2)7-5/h3-4H,1-2H3. The van der Waals surface area contributed by atoms with Crippen molar-refractivity contribution in [3.63, 3.8) is 0 Å². The van der Waals surface area contributed by atoms with Crippen molar-refractivity contribution in [1.29, 1.82) is 0 Å². The summed E-state index contributed by atoms with van der Waals surface area (Å²) in [6.07, 6.45) is 3.91. The maximum Gasteiger partial charge on any atom is 0.165 e. The number of epoxide rings is 1. The highest BCUT2D eigenvalue weighted by Crippen LogP contribution is 2.30. The summed E-state index contributed by atoms with van der Waals surface area (Å²) in [4.78, 5) is 0. The molecule has 38 valence electrons. The van der Waals surface area contributed by atoms with Crippen LogP contribution in [0.3, 0.4) is 0 Å². The quantitative estimate of drug-likeness (QED) is 0.419. The Kier molecular flexibility index (Phi) is 0.895. The number of hydrogen-bond acceptors (Lipinski definition) is 1. The molecule has 0 atom stereocenters. The summed E-state index contributed by atoms with van der Waals surface area (Å²) in [6.45, 7) is 3.93. The van der Waals surface area contributed by atoms with E-state index in [1.807, 2.05) is 26.0 Å². The van der Waals surface area contributed by atoms with Crippen molar-refractivity contribution in [2.45, 2.75) is 13.8 Å². The third-order valence-electron chi connectivity index (χ3n) is 0.945. The number of ether oxygens (including phenoxy) is 1. The second-order valence-corrected chi connectivity index (χ2v) is 1.41. The number of rotatable bonds is 0. The van der Waals surface area contributed by atoms with Crippen molar-refractivity contribution in [1.82, 2.24) is 0 Å². The van der Waals surface area contributed by atoms with E-state index in [4.69, 9.17) is 4.74 Å². The fourth-order valence-electron chi connectivity index (χ4n) is 0.495. The van der Waals surface area contributed by atoms with Gasteiger partial charge in [0.15, 0.2) is 11.5 Å². The van der Waals surface area contributed by atoms with E-state index in [1.54, 1.807) is 0 Å². The largest absolute Gasteiger partial charge is 0.450 e. The smallest absolute Gasteiger partial charge is 0.165 e. The Bertz CT molecular complexity index is 115. The summed E-state index contributed by atoms with van der Waals surface area (Å²) in [5.74, 6) is 2.06. The molecule has 1 heterocycles. The van der Waals surface area contributed by atoms with E-state index in [0.29, 0.717) is 0 Å². The van der Waals surface area contributed by atoms with E-state index in [0.717, 1.165) is 11.5 Å². The van der Waals surface area contributed by atoms with Gasteiger partial charge in [-0.25, -0.2) is 0 Å². The maximum absolute atomic E-state index is 4.94. The number of allylic oxidation sites excluding steroid dienone is 2. The van der Waals surface area contributed by atoms with Gasteiger partial charge in [0.05, 0.1) is 0 Å². The first kappa shape index (κ1) is 4.44. The van der Waals surface area contributed by atoms with Crippen LogP contribution in [-0.2, 0) is 4.74 Å². The molecular weight excluding hydrogens is 88.1 g/mol. The molecule has 0 spiro atoms. The minimum Gasteiger partial charge on any atom is -0.450 e. The van der Waals surface area contributed by atoms with Gasteiger partial charge in [-0.1, -0.05) is 0 Å². The van der Waals surface area contributed by atoms with Gasteiger partial charge >= 0.3 is 0 Å². The molecule has 0 aromatic heterocycles. The summed E-state index contributed by atoms with van der Waals surface area (Å²) in [6, 6.07) is 0. The fourth-order valence-corrected chi connectivity index (χ4v) is 0.495. The maximum atomic E-state index is 4.94. The molecule has 1 aliphatic heterocycles. The van der Waals surface area contributed by atoms with Crippen LogP contribution in [0.4, 0.5) is 0 Å². The van der Waals surface area contributed by atoms with Gasteiger partial charge in [-0.3, -0.25) is 0 Å². The van der Waals surface area contributed by atoms with Gasteiger partial charge in [-0.05, 0) is 26.0 Å². The Labute approximate surface area is 43.3 Å².